The van der Waals surface area contributed by atoms with Crippen molar-refractivity contribution in [1.82, 2.24) is 4.90 Å². The van der Waals surface area contributed by atoms with Crippen LogP contribution in [0.3, 0.4) is 0 Å². The van der Waals surface area contributed by atoms with Gasteiger partial charge in [0.25, 0.3) is 5.91 Å². The summed E-state index contributed by atoms with van der Waals surface area (Å²) in [7, 11) is 0. The molecule has 32 heavy (non-hydrogen) atoms. The Morgan fingerprint density at radius 1 is 0.906 bits per heavy atom. The van der Waals surface area contributed by atoms with Crippen LogP contribution in [-0.4, -0.2) is 55.3 Å². The molecule has 2 fully saturated rings. The van der Waals surface area contributed by atoms with Crippen molar-refractivity contribution in [1.29, 1.82) is 0 Å². The molecule has 7 nitrogen and oxygen atoms in total. The highest BCUT2D eigenvalue weighted by Gasteiger charge is 2.27. The predicted octanol–water partition coefficient (Wildman–Crippen LogP) is 4.27. The third kappa shape index (κ3) is 6.05. The van der Waals surface area contributed by atoms with Crippen LogP contribution in [0.15, 0.2) is 48.5 Å². The lowest BCUT2D eigenvalue weighted by molar-refractivity contribution is 0.0524. The fraction of sp³-hybridized carbons (Fsp3) is 0.417. The molecule has 2 aliphatic rings. The summed E-state index contributed by atoms with van der Waals surface area (Å²) in [5.41, 5.74) is 1.23. The maximum atomic E-state index is 13.4. The van der Waals surface area contributed by atoms with E-state index < -0.39 is 5.82 Å². The van der Waals surface area contributed by atoms with E-state index >= 15 is 0 Å². The second-order valence-corrected chi connectivity index (χ2v) is 8.15. The number of urea groups is 1. The van der Waals surface area contributed by atoms with Crippen molar-refractivity contribution in [3.63, 3.8) is 0 Å². The van der Waals surface area contributed by atoms with Gasteiger partial charge in [-0.1, -0.05) is 12.1 Å². The minimum Gasteiger partial charge on any atom is -0.376 e. The zero-order valence-corrected chi connectivity index (χ0v) is 17.9. The van der Waals surface area contributed by atoms with E-state index in [1.807, 2.05) is 0 Å². The van der Waals surface area contributed by atoms with Crippen molar-refractivity contribution >= 4 is 23.3 Å². The first kappa shape index (κ1) is 22.2. The van der Waals surface area contributed by atoms with Crippen LogP contribution >= 0.6 is 0 Å². The van der Waals surface area contributed by atoms with Crippen LogP contribution in [0, 0.1) is 5.82 Å². The molecule has 2 aromatic rings. The zero-order chi connectivity index (χ0) is 22.3. The molecule has 2 atom stereocenters. The van der Waals surface area contributed by atoms with E-state index in [4.69, 9.17) is 9.47 Å². The van der Waals surface area contributed by atoms with Gasteiger partial charge < -0.3 is 25.0 Å². The lowest BCUT2D eigenvalue weighted by Gasteiger charge is -2.28. The minimum absolute atomic E-state index is 0.0329. The monoisotopic (exact) mass is 441 g/mol. The summed E-state index contributed by atoms with van der Waals surface area (Å²) in [6, 6.07) is 12.1. The number of hydrogen-bond acceptors (Lipinski definition) is 4. The molecule has 0 aliphatic carbocycles. The molecule has 0 saturated carbocycles. The Bertz CT molecular complexity index is 924. The van der Waals surface area contributed by atoms with Gasteiger partial charge in [-0.3, -0.25) is 4.79 Å². The first-order valence-electron chi connectivity index (χ1n) is 11.0. The third-order valence-electron chi connectivity index (χ3n) is 5.64. The van der Waals surface area contributed by atoms with Gasteiger partial charge in [0, 0.05) is 43.2 Å². The van der Waals surface area contributed by atoms with Crippen LogP contribution in [-0.2, 0) is 9.47 Å². The lowest BCUT2D eigenvalue weighted by Crippen LogP contribution is -2.44. The highest BCUT2D eigenvalue weighted by Crippen LogP contribution is 2.19. The largest absolute Gasteiger partial charge is 0.376 e. The summed E-state index contributed by atoms with van der Waals surface area (Å²) >= 11 is 0. The van der Waals surface area contributed by atoms with Gasteiger partial charge in [0.2, 0.25) is 0 Å². The number of hydrogen-bond donors (Lipinski definition) is 2. The molecule has 4 rings (SSSR count). The molecule has 2 heterocycles. The van der Waals surface area contributed by atoms with Crippen molar-refractivity contribution in [3.8, 4) is 0 Å². The Morgan fingerprint density at radius 3 is 2.12 bits per heavy atom. The molecule has 2 N–H and O–H groups in total. The van der Waals surface area contributed by atoms with Crippen LogP contribution in [0.5, 0.6) is 0 Å². The topological polar surface area (TPSA) is 79.9 Å². The van der Waals surface area contributed by atoms with Gasteiger partial charge in [0.05, 0.1) is 12.2 Å². The molecule has 0 unspecified atom stereocenters. The van der Waals surface area contributed by atoms with Gasteiger partial charge in [0.1, 0.15) is 5.82 Å². The van der Waals surface area contributed by atoms with Crippen molar-refractivity contribution in [2.24, 2.45) is 0 Å². The molecule has 170 valence electrons. The number of carbonyl (C=O) groups excluding carboxylic acids is 2. The van der Waals surface area contributed by atoms with Crippen LogP contribution in [0.1, 0.15) is 36.0 Å². The molecule has 2 aliphatic heterocycles. The van der Waals surface area contributed by atoms with E-state index in [2.05, 4.69) is 10.6 Å². The number of carbonyl (C=O) groups is 2. The average Bonchev–Trinajstić information content (AvgIpc) is 3.48. The van der Waals surface area contributed by atoms with Crippen LogP contribution in [0.4, 0.5) is 20.6 Å². The quantitative estimate of drug-likeness (QED) is 0.673. The fourth-order valence-electron chi connectivity index (χ4n) is 4.02. The molecule has 2 saturated heterocycles. The molecular weight excluding hydrogens is 413 g/mol. The summed E-state index contributed by atoms with van der Waals surface area (Å²) in [5.74, 6) is -0.816. The Labute approximate surface area is 186 Å². The molecule has 3 amide bonds. The highest BCUT2D eigenvalue weighted by atomic mass is 19.1. The van der Waals surface area contributed by atoms with Gasteiger partial charge in [0.15, 0.2) is 0 Å². The number of amides is 3. The van der Waals surface area contributed by atoms with Crippen LogP contribution in [0.2, 0.25) is 0 Å². The second-order valence-electron chi connectivity index (χ2n) is 8.15. The number of rotatable bonds is 7. The molecule has 8 heteroatoms. The summed E-state index contributed by atoms with van der Waals surface area (Å²) in [4.78, 5) is 27.4. The molecule has 0 bridgehead atoms. The standard InChI is InChI=1S/C24H28FN3O4/c25-18-6-2-8-20(14-18)26-23(29)17-5-1-7-19(13-17)27-24(30)28(15-21-9-3-11-31-21)16-22-10-4-12-32-22/h1-2,5-8,13-14,21-22H,3-4,9-12,15-16H2,(H,26,29)(H,27,30)/t21-,22-/m1/s1. The molecule has 2 aromatic carbocycles. The summed E-state index contributed by atoms with van der Waals surface area (Å²) in [6.07, 6.45) is 3.94. The van der Waals surface area contributed by atoms with E-state index in [0.29, 0.717) is 30.0 Å². The van der Waals surface area contributed by atoms with Crippen molar-refractivity contribution in [2.75, 3.05) is 36.9 Å². The van der Waals surface area contributed by atoms with Crippen molar-refractivity contribution in [2.45, 2.75) is 37.9 Å². The maximum Gasteiger partial charge on any atom is 0.322 e. The Balaban J connectivity index is 1.41. The molecule has 0 spiro atoms. The molecular formula is C24H28FN3O4. The first-order valence-corrected chi connectivity index (χ1v) is 11.0. The van der Waals surface area contributed by atoms with E-state index in [1.165, 1.54) is 18.2 Å². The number of nitrogens with zero attached hydrogens (tertiary/aromatic N) is 1. The van der Waals surface area contributed by atoms with E-state index in [0.717, 1.165) is 38.9 Å². The van der Waals surface area contributed by atoms with Gasteiger partial charge in [-0.25, -0.2) is 9.18 Å². The third-order valence-corrected chi connectivity index (χ3v) is 5.64. The lowest BCUT2D eigenvalue weighted by atomic mass is 10.1. The average molecular weight is 442 g/mol. The predicted molar refractivity (Wildman–Crippen MR) is 119 cm³/mol. The SMILES string of the molecule is O=C(Nc1cccc(F)c1)c1cccc(NC(=O)N(C[C@H]2CCCO2)C[C@H]2CCCO2)c1. The second kappa shape index (κ2) is 10.6. The van der Waals surface area contributed by atoms with Crippen LogP contribution < -0.4 is 10.6 Å². The normalized spacial score (nSPS) is 20.2. The zero-order valence-electron chi connectivity index (χ0n) is 17.9. The van der Waals surface area contributed by atoms with E-state index in [1.54, 1.807) is 35.2 Å². The molecule has 0 radical (unpaired) electrons. The van der Waals surface area contributed by atoms with Gasteiger partial charge >= 0.3 is 6.03 Å². The van der Waals surface area contributed by atoms with Gasteiger partial charge in [-0.2, -0.15) is 0 Å². The minimum atomic E-state index is -0.429. The van der Waals surface area contributed by atoms with Crippen molar-refractivity contribution in [3.05, 3.63) is 59.9 Å². The summed E-state index contributed by atoms with van der Waals surface area (Å²) < 4.78 is 24.8. The first-order chi connectivity index (χ1) is 15.6. The van der Waals surface area contributed by atoms with Crippen LogP contribution in [0.25, 0.3) is 0 Å². The Kier molecular flexibility index (Phi) is 7.34. The fourth-order valence-corrected chi connectivity index (χ4v) is 4.02. The highest BCUT2D eigenvalue weighted by molar-refractivity contribution is 6.05. The van der Waals surface area contributed by atoms with Gasteiger partial charge in [-0.05, 0) is 62.1 Å². The number of anilines is 2. The van der Waals surface area contributed by atoms with E-state index in [9.17, 15) is 14.0 Å². The van der Waals surface area contributed by atoms with Gasteiger partial charge in [-0.15, -0.1) is 0 Å². The molecule has 0 aromatic heterocycles. The Morgan fingerprint density at radius 2 is 1.53 bits per heavy atom. The Hall–Kier alpha value is -2.97. The number of benzene rings is 2. The smallest absolute Gasteiger partial charge is 0.322 e. The number of halogens is 1. The van der Waals surface area contributed by atoms with Crippen molar-refractivity contribution < 1.29 is 23.5 Å². The van der Waals surface area contributed by atoms with E-state index in [-0.39, 0.29) is 24.1 Å². The maximum absolute atomic E-state index is 13.4. The summed E-state index contributed by atoms with van der Waals surface area (Å²) in [5, 5.41) is 5.56. The number of ether oxygens (including phenoxy) is 2. The number of nitrogens with one attached hydrogen (secondary N) is 2. The summed E-state index contributed by atoms with van der Waals surface area (Å²) in [6.45, 7) is 2.46.